The first-order valence-electron chi connectivity index (χ1n) is 4.45. The number of rotatable bonds is 1. The molecule has 1 heteroatoms. The van der Waals surface area contributed by atoms with E-state index in [0.29, 0.717) is 6.10 Å². The number of epoxide rings is 1. The summed E-state index contributed by atoms with van der Waals surface area (Å²) in [4.78, 5) is 0. The topological polar surface area (TPSA) is 12.5 Å². The Balaban J connectivity index is 2.02. The van der Waals surface area contributed by atoms with E-state index in [1.165, 1.54) is 24.8 Å². The van der Waals surface area contributed by atoms with E-state index in [1.54, 1.807) is 0 Å². The molecule has 0 aromatic heterocycles. The number of ether oxygens (including phenoxy) is 1. The monoisotopic (exact) mass is 152 g/mol. The first kappa shape index (κ1) is 7.35. The SMILES string of the molecule is C=C(C)[C@@H]1CCC2O[C@]2(C)C1. The van der Waals surface area contributed by atoms with Gasteiger partial charge in [-0.3, -0.25) is 0 Å². The van der Waals surface area contributed by atoms with Crippen molar-refractivity contribution in [3.05, 3.63) is 12.2 Å². The fourth-order valence-electron chi connectivity index (χ4n) is 2.20. The number of fused-ring (bicyclic) bond motifs is 1. The molecule has 1 aliphatic carbocycles. The van der Waals surface area contributed by atoms with Crippen molar-refractivity contribution in [1.82, 2.24) is 0 Å². The van der Waals surface area contributed by atoms with E-state index < -0.39 is 0 Å². The van der Waals surface area contributed by atoms with Crippen molar-refractivity contribution in [2.45, 2.75) is 44.8 Å². The van der Waals surface area contributed by atoms with Crippen molar-refractivity contribution in [2.75, 3.05) is 0 Å². The van der Waals surface area contributed by atoms with Gasteiger partial charge in [0.25, 0.3) is 0 Å². The lowest BCUT2D eigenvalue weighted by Crippen LogP contribution is -2.22. The van der Waals surface area contributed by atoms with E-state index in [0.717, 1.165) is 5.92 Å². The molecule has 0 N–H and O–H groups in total. The first-order valence-corrected chi connectivity index (χ1v) is 4.45. The van der Waals surface area contributed by atoms with Crippen LogP contribution in [0.1, 0.15) is 33.1 Å². The summed E-state index contributed by atoms with van der Waals surface area (Å²) in [5.74, 6) is 0.721. The minimum atomic E-state index is 0.238. The van der Waals surface area contributed by atoms with Crippen LogP contribution in [0, 0.1) is 5.92 Å². The lowest BCUT2D eigenvalue weighted by Gasteiger charge is -2.23. The predicted octanol–water partition coefficient (Wildman–Crippen LogP) is 2.52. The van der Waals surface area contributed by atoms with Crippen LogP contribution >= 0.6 is 0 Å². The van der Waals surface area contributed by atoms with Gasteiger partial charge in [-0.2, -0.15) is 0 Å². The highest BCUT2D eigenvalue weighted by Gasteiger charge is 2.55. The Morgan fingerprint density at radius 3 is 2.82 bits per heavy atom. The minimum absolute atomic E-state index is 0.238. The molecular formula is C10H16O. The molecule has 1 heterocycles. The zero-order chi connectivity index (χ0) is 8.06. The summed E-state index contributed by atoms with van der Waals surface area (Å²) < 4.78 is 5.60. The molecule has 2 rings (SSSR count). The maximum absolute atomic E-state index is 5.60. The Kier molecular flexibility index (Phi) is 1.40. The van der Waals surface area contributed by atoms with Gasteiger partial charge in [0.05, 0.1) is 11.7 Å². The molecule has 1 saturated carbocycles. The second-order valence-electron chi connectivity index (χ2n) is 4.24. The van der Waals surface area contributed by atoms with Gasteiger partial charge < -0.3 is 4.74 Å². The highest BCUT2D eigenvalue weighted by molar-refractivity contribution is 5.10. The van der Waals surface area contributed by atoms with Crippen LogP contribution in [0.15, 0.2) is 12.2 Å². The fourth-order valence-corrected chi connectivity index (χ4v) is 2.20. The van der Waals surface area contributed by atoms with E-state index in [2.05, 4.69) is 20.4 Å². The summed E-state index contributed by atoms with van der Waals surface area (Å²) in [5, 5.41) is 0. The quantitative estimate of drug-likeness (QED) is 0.415. The average molecular weight is 152 g/mol. The zero-order valence-corrected chi connectivity index (χ0v) is 7.39. The van der Waals surface area contributed by atoms with Crippen LogP contribution in [0.25, 0.3) is 0 Å². The standard InChI is InChI=1S/C10H16O/c1-7(2)8-4-5-9-10(3,6-8)11-9/h8-9H,1,4-6H2,2-3H3/t8-,9?,10-/m1/s1. The molecule has 0 amide bonds. The first-order chi connectivity index (χ1) is 5.12. The lowest BCUT2D eigenvalue weighted by atomic mass is 9.79. The fraction of sp³-hybridized carbons (Fsp3) is 0.800. The molecule has 62 valence electrons. The molecule has 1 saturated heterocycles. The van der Waals surface area contributed by atoms with Gasteiger partial charge in [-0.15, -0.1) is 0 Å². The third-order valence-electron chi connectivity index (χ3n) is 3.16. The summed E-state index contributed by atoms with van der Waals surface area (Å²) in [5.41, 5.74) is 1.57. The number of hydrogen-bond donors (Lipinski definition) is 0. The largest absolute Gasteiger partial charge is 0.366 e. The molecule has 1 nitrogen and oxygen atoms in total. The maximum atomic E-state index is 5.60. The Morgan fingerprint density at radius 2 is 2.27 bits per heavy atom. The van der Waals surface area contributed by atoms with Gasteiger partial charge in [-0.05, 0) is 39.0 Å². The molecule has 2 fully saturated rings. The van der Waals surface area contributed by atoms with Crippen LogP contribution < -0.4 is 0 Å². The van der Waals surface area contributed by atoms with Crippen molar-refractivity contribution < 1.29 is 4.74 Å². The van der Waals surface area contributed by atoms with Crippen LogP contribution in [0.2, 0.25) is 0 Å². The highest BCUT2D eigenvalue weighted by Crippen LogP contribution is 2.50. The molecule has 11 heavy (non-hydrogen) atoms. The normalized spacial score (nSPS) is 48.2. The Morgan fingerprint density at radius 1 is 1.55 bits per heavy atom. The van der Waals surface area contributed by atoms with Gasteiger partial charge in [-0.25, -0.2) is 0 Å². The predicted molar refractivity (Wildman–Crippen MR) is 45.4 cm³/mol. The van der Waals surface area contributed by atoms with Crippen LogP contribution in [0.4, 0.5) is 0 Å². The smallest absolute Gasteiger partial charge is 0.0926 e. The van der Waals surface area contributed by atoms with Crippen LogP contribution in [0.5, 0.6) is 0 Å². The molecule has 0 spiro atoms. The number of allylic oxidation sites excluding steroid dienone is 1. The average Bonchev–Trinajstić information content (AvgIpc) is 2.58. The molecular weight excluding hydrogens is 136 g/mol. The van der Waals surface area contributed by atoms with Gasteiger partial charge >= 0.3 is 0 Å². The van der Waals surface area contributed by atoms with Gasteiger partial charge in [0.1, 0.15) is 0 Å². The summed E-state index contributed by atoms with van der Waals surface area (Å²) in [6.45, 7) is 8.37. The molecule has 1 aliphatic heterocycles. The Labute approximate surface area is 68.4 Å². The summed E-state index contributed by atoms with van der Waals surface area (Å²) in [7, 11) is 0. The van der Waals surface area contributed by atoms with Crippen molar-refractivity contribution >= 4 is 0 Å². The molecule has 0 aromatic carbocycles. The van der Waals surface area contributed by atoms with Gasteiger partial charge in [0.2, 0.25) is 0 Å². The molecule has 0 bridgehead atoms. The Bertz CT molecular complexity index is 197. The molecule has 0 aromatic rings. The highest BCUT2D eigenvalue weighted by atomic mass is 16.6. The third-order valence-corrected chi connectivity index (χ3v) is 3.16. The molecule has 1 unspecified atom stereocenters. The van der Waals surface area contributed by atoms with Gasteiger partial charge in [0, 0.05) is 0 Å². The second-order valence-corrected chi connectivity index (χ2v) is 4.24. The van der Waals surface area contributed by atoms with E-state index in [4.69, 9.17) is 4.74 Å². The van der Waals surface area contributed by atoms with Crippen LogP contribution in [0.3, 0.4) is 0 Å². The van der Waals surface area contributed by atoms with Gasteiger partial charge in [0.15, 0.2) is 0 Å². The van der Waals surface area contributed by atoms with Crippen molar-refractivity contribution in [2.24, 2.45) is 5.92 Å². The summed E-state index contributed by atoms with van der Waals surface area (Å²) in [6, 6.07) is 0. The van der Waals surface area contributed by atoms with E-state index >= 15 is 0 Å². The summed E-state index contributed by atoms with van der Waals surface area (Å²) >= 11 is 0. The number of hydrogen-bond acceptors (Lipinski definition) is 1. The zero-order valence-electron chi connectivity index (χ0n) is 7.39. The molecule has 0 radical (unpaired) electrons. The molecule has 3 atom stereocenters. The maximum Gasteiger partial charge on any atom is 0.0926 e. The van der Waals surface area contributed by atoms with Crippen LogP contribution in [-0.2, 0) is 4.74 Å². The summed E-state index contributed by atoms with van der Waals surface area (Å²) in [6.07, 6.45) is 4.31. The third kappa shape index (κ3) is 1.12. The molecule has 2 aliphatic rings. The van der Waals surface area contributed by atoms with Crippen molar-refractivity contribution in [3.8, 4) is 0 Å². The van der Waals surface area contributed by atoms with E-state index in [-0.39, 0.29) is 5.60 Å². The van der Waals surface area contributed by atoms with E-state index in [1.807, 2.05) is 0 Å². The van der Waals surface area contributed by atoms with Crippen molar-refractivity contribution in [1.29, 1.82) is 0 Å². The lowest BCUT2D eigenvalue weighted by molar-refractivity contribution is 0.287. The van der Waals surface area contributed by atoms with Crippen LogP contribution in [-0.4, -0.2) is 11.7 Å². The van der Waals surface area contributed by atoms with Crippen molar-refractivity contribution in [3.63, 3.8) is 0 Å². The second kappa shape index (κ2) is 2.10. The Hall–Kier alpha value is -0.300. The minimum Gasteiger partial charge on any atom is -0.366 e. The van der Waals surface area contributed by atoms with Gasteiger partial charge in [-0.1, -0.05) is 12.2 Å². The van der Waals surface area contributed by atoms with E-state index in [9.17, 15) is 0 Å².